The molecule has 0 aliphatic rings. The lowest BCUT2D eigenvalue weighted by Crippen LogP contribution is -2.31. The van der Waals surface area contributed by atoms with Crippen molar-refractivity contribution in [1.29, 1.82) is 0 Å². The van der Waals surface area contributed by atoms with Gasteiger partial charge in [-0.1, -0.05) is 0 Å². The number of hydrogen-bond acceptors (Lipinski definition) is 3. The molecule has 0 aromatic carbocycles. The summed E-state index contributed by atoms with van der Waals surface area (Å²) >= 11 is 0. The summed E-state index contributed by atoms with van der Waals surface area (Å²) in [5.74, 6) is 0.0259. The van der Waals surface area contributed by atoms with Crippen molar-refractivity contribution in [2.24, 2.45) is 0 Å². The van der Waals surface area contributed by atoms with Crippen LogP contribution in [-0.2, 0) is 14.3 Å². The zero-order valence-electron chi connectivity index (χ0n) is 8.71. The van der Waals surface area contributed by atoms with Crippen LogP contribution < -0.4 is 0 Å². The maximum atomic E-state index is 11.3. The van der Waals surface area contributed by atoms with E-state index in [2.05, 4.69) is 0 Å². The van der Waals surface area contributed by atoms with Crippen molar-refractivity contribution < 1.29 is 14.3 Å². The Kier molecular flexibility index (Phi) is 7.63. The average Bonchev–Trinajstić information content (AvgIpc) is 2.14. The summed E-state index contributed by atoms with van der Waals surface area (Å²) in [7, 11) is 3.43. The molecule has 0 N–H and O–H groups in total. The van der Waals surface area contributed by atoms with E-state index in [1.165, 1.54) is 0 Å². The number of rotatable bonds is 7. The maximum absolute atomic E-state index is 11.3. The molecule has 0 aliphatic heterocycles. The number of carbonyl (C=O) groups is 1. The summed E-state index contributed by atoms with van der Waals surface area (Å²) in [5.41, 5.74) is 0. The van der Waals surface area contributed by atoms with E-state index in [1.807, 2.05) is 6.92 Å². The van der Waals surface area contributed by atoms with Crippen LogP contribution in [-0.4, -0.2) is 51.3 Å². The Hall–Kier alpha value is -0.610. The standard InChI is InChI=1S/C9H19NO3/c1-4-13-8-9(11)10(2)6-5-7-12-3/h4-8H2,1-3H3. The van der Waals surface area contributed by atoms with Crippen LogP contribution in [0.25, 0.3) is 0 Å². The highest BCUT2D eigenvalue weighted by Gasteiger charge is 2.06. The first kappa shape index (κ1) is 12.4. The molecule has 0 aliphatic carbocycles. The first-order valence-electron chi connectivity index (χ1n) is 4.53. The van der Waals surface area contributed by atoms with Gasteiger partial charge in [-0.25, -0.2) is 0 Å². The average molecular weight is 189 g/mol. The molecule has 4 heteroatoms. The Bertz CT molecular complexity index is 139. The SMILES string of the molecule is CCOCC(=O)N(C)CCCOC. The molecule has 0 spiro atoms. The van der Waals surface area contributed by atoms with Gasteiger partial charge in [0, 0.05) is 33.9 Å². The summed E-state index contributed by atoms with van der Waals surface area (Å²) in [6, 6.07) is 0. The van der Waals surface area contributed by atoms with Crippen molar-refractivity contribution in [1.82, 2.24) is 4.90 Å². The van der Waals surface area contributed by atoms with Crippen LogP contribution in [0.5, 0.6) is 0 Å². The van der Waals surface area contributed by atoms with Crippen LogP contribution in [0.2, 0.25) is 0 Å². The second kappa shape index (κ2) is 8.01. The molecule has 0 aromatic rings. The maximum Gasteiger partial charge on any atom is 0.248 e. The van der Waals surface area contributed by atoms with Crippen LogP contribution in [0.15, 0.2) is 0 Å². The zero-order valence-corrected chi connectivity index (χ0v) is 8.71. The highest BCUT2D eigenvalue weighted by Crippen LogP contribution is 1.90. The fraction of sp³-hybridized carbons (Fsp3) is 0.889. The predicted octanol–water partition coefficient (Wildman–Crippen LogP) is 0.518. The molecule has 0 heterocycles. The highest BCUT2D eigenvalue weighted by atomic mass is 16.5. The van der Waals surface area contributed by atoms with E-state index < -0.39 is 0 Å². The van der Waals surface area contributed by atoms with E-state index >= 15 is 0 Å². The summed E-state index contributed by atoms with van der Waals surface area (Å²) in [5, 5.41) is 0. The van der Waals surface area contributed by atoms with E-state index in [-0.39, 0.29) is 12.5 Å². The Morgan fingerprint density at radius 1 is 1.46 bits per heavy atom. The van der Waals surface area contributed by atoms with Crippen LogP contribution in [0.1, 0.15) is 13.3 Å². The molecular weight excluding hydrogens is 170 g/mol. The van der Waals surface area contributed by atoms with E-state index in [1.54, 1.807) is 19.1 Å². The molecule has 0 rings (SSSR count). The second-order valence-electron chi connectivity index (χ2n) is 2.80. The van der Waals surface area contributed by atoms with Gasteiger partial charge in [-0.2, -0.15) is 0 Å². The van der Waals surface area contributed by atoms with E-state index in [0.29, 0.717) is 13.2 Å². The summed E-state index contributed by atoms with van der Waals surface area (Å²) in [4.78, 5) is 12.9. The number of nitrogens with zero attached hydrogens (tertiary/aromatic N) is 1. The molecule has 0 atom stereocenters. The van der Waals surface area contributed by atoms with Gasteiger partial charge in [0.15, 0.2) is 0 Å². The van der Waals surface area contributed by atoms with Crippen LogP contribution >= 0.6 is 0 Å². The number of methoxy groups -OCH3 is 1. The van der Waals surface area contributed by atoms with Crippen molar-refractivity contribution in [3.63, 3.8) is 0 Å². The first-order valence-corrected chi connectivity index (χ1v) is 4.53. The quantitative estimate of drug-likeness (QED) is 0.548. The minimum Gasteiger partial charge on any atom is -0.385 e. The molecule has 0 saturated carbocycles. The van der Waals surface area contributed by atoms with Gasteiger partial charge in [0.05, 0.1) is 0 Å². The van der Waals surface area contributed by atoms with Gasteiger partial charge in [-0.3, -0.25) is 4.79 Å². The predicted molar refractivity (Wildman–Crippen MR) is 50.6 cm³/mol. The smallest absolute Gasteiger partial charge is 0.248 e. The Morgan fingerprint density at radius 3 is 2.69 bits per heavy atom. The number of amides is 1. The van der Waals surface area contributed by atoms with Gasteiger partial charge in [-0.15, -0.1) is 0 Å². The third-order valence-electron chi connectivity index (χ3n) is 1.70. The minimum absolute atomic E-state index is 0.0259. The Morgan fingerprint density at radius 2 is 2.15 bits per heavy atom. The lowest BCUT2D eigenvalue weighted by Gasteiger charge is -2.16. The van der Waals surface area contributed by atoms with E-state index in [9.17, 15) is 4.79 Å². The third-order valence-corrected chi connectivity index (χ3v) is 1.70. The van der Waals surface area contributed by atoms with Crippen molar-refractivity contribution in [3.05, 3.63) is 0 Å². The first-order chi connectivity index (χ1) is 6.22. The third kappa shape index (κ3) is 6.54. The molecule has 0 bridgehead atoms. The zero-order chi connectivity index (χ0) is 10.1. The molecule has 0 saturated heterocycles. The number of carbonyl (C=O) groups excluding carboxylic acids is 1. The molecule has 78 valence electrons. The normalized spacial score (nSPS) is 10.1. The molecule has 13 heavy (non-hydrogen) atoms. The van der Waals surface area contributed by atoms with Gasteiger partial charge in [0.2, 0.25) is 5.91 Å². The van der Waals surface area contributed by atoms with Crippen LogP contribution in [0.4, 0.5) is 0 Å². The summed E-state index contributed by atoms with van der Waals surface area (Å²) in [6.45, 7) is 4.04. The van der Waals surface area contributed by atoms with E-state index in [4.69, 9.17) is 9.47 Å². The lowest BCUT2D eigenvalue weighted by atomic mass is 10.4. The number of hydrogen-bond donors (Lipinski definition) is 0. The van der Waals surface area contributed by atoms with Gasteiger partial charge >= 0.3 is 0 Å². The number of likely N-dealkylation sites (N-methyl/N-ethyl adjacent to an activating group) is 1. The molecule has 1 amide bonds. The van der Waals surface area contributed by atoms with Gasteiger partial charge in [-0.05, 0) is 13.3 Å². The lowest BCUT2D eigenvalue weighted by molar-refractivity contribution is -0.134. The highest BCUT2D eigenvalue weighted by molar-refractivity contribution is 5.77. The van der Waals surface area contributed by atoms with Crippen LogP contribution in [0, 0.1) is 0 Å². The fourth-order valence-corrected chi connectivity index (χ4v) is 0.870. The van der Waals surface area contributed by atoms with Crippen molar-refractivity contribution in [2.75, 3.05) is 40.5 Å². The van der Waals surface area contributed by atoms with Crippen molar-refractivity contribution in [3.8, 4) is 0 Å². The molecule has 0 fully saturated rings. The van der Waals surface area contributed by atoms with Crippen molar-refractivity contribution >= 4 is 5.91 Å². The minimum atomic E-state index is 0.0259. The largest absolute Gasteiger partial charge is 0.385 e. The van der Waals surface area contributed by atoms with Gasteiger partial charge < -0.3 is 14.4 Å². The molecule has 0 aromatic heterocycles. The fourth-order valence-electron chi connectivity index (χ4n) is 0.870. The molecule has 4 nitrogen and oxygen atoms in total. The Balaban J connectivity index is 3.45. The molecular formula is C9H19NO3. The van der Waals surface area contributed by atoms with Crippen LogP contribution in [0.3, 0.4) is 0 Å². The van der Waals surface area contributed by atoms with Gasteiger partial charge in [0.1, 0.15) is 6.61 Å². The van der Waals surface area contributed by atoms with Crippen molar-refractivity contribution in [2.45, 2.75) is 13.3 Å². The summed E-state index contributed by atoms with van der Waals surface area (Å²) < 4.78 is 9.88. The summed E-state index contributed by atoms with van der Waals surface area (Å²) in [6.07, 6.45) is 0.866. The second-order valence-corrected chi connectivity index (χ2v) is 2.80. The monoisotopic (exact) mass is 189 g/mol. The molecule has 0 unspecified atom stereocenters. The number of ether oxygens (including phenoxy) is 2. The topological polar surface area (TPSA) is 38.8 Å². The molecule has 0 radical (unpaired) electrons. The Labute approximate surface area is 79.8 Å². The van der Waals surface area contributed by atoms with E-state index in [0.717, 1.165) is 13.0 Å². The van der Waals surface area contributed by atoms with Gasteiger partial charge in [0.25, 0.3) is 0 Å².